The second-order valence-electron chi connectivity index (χ2n) is 8.13. The van der Waals surface area contributed by atoms with E-state index in [2.05, 4.69) is 0 Å². The van der Waals surface area contributed by atoms with Crippen LogP contribution in [0.15, 0.2) is 36.4 Å². The summed E-state index contributed by atoms with van der Waals surface area (Å²) in [6.45, 7) is 0. The van der Waals surface area contributed by atoms with Gasteiger partial charge in [0.1, 0.15) is 23.4 Å². The highest BCUT2D eigenvalue weighted by Crippen LogP contribution is 2.46. The Kier molecular flexibility index (Phi) is 6.96. The van der Waals surface area contributed by atoms with Gasteiger partial charge < -0.3 is 48.8 Å². The zero-order valence-electron chi connectivity index (χ0n) is 20.5. The van der Waals surface area contributed by atoms with Gasteiger partial charge in [-0.2, -0.15) is 0 Å². The Bertz CT molecular complexity index is 1310. The Morgan fingerprint density at radius 1 is 0.784 bits per heavy atom. The highest BCUT2D eigenvalue weighted by Gasteiger charge is 2.37. The molecule has 196 valence electrons. The Morgan fingerprint density at radius 2 is 1.41 bits per heavy atom. The van der Waals surface area contributed by atoms with Crippen molar-refractivity contribution < 1.29 is 53.6 Å². The van der Waals surface area contributed by atoms with E-state index >= 15 is 0 Å². The van der Waals surface area contributed by atoms with Crippen molar-refractivity contribution in [2.75, 3.05) is 28.4 Å². The average Bonchev–Trinajstić information content (AvgIpc) is 2.87. The number of hydrogen-bond acceptors (Lipinski definition) is 11. The molecular formula is C26H26O11. The van der Waals surface area contributed by atoms with Gasteiger partial charge in [0.25, 0.3) is 0 Å². The quantitative estimate of drug-likeness (QED) is 0.343. The number of carbonyl (C=O) groups is 1. The number of methoxy groups -OCH3 is 4. The van der Waals surface area contributed by atoms with Gasteiger partial charge in [0, 0.05) is 29.7 Å². The molecule has 3 aromatic carbocycles. The maximum Gasteiger partial charge on any atom is 0.338 e. The van der Waals surface area contributed by atoms with Gasteiger partial charge in [-0.15, -0.1) is 0 Å². The third-order valence-corrected chi connectivity index (χ3v) is 5.93. The molecular weight excluding hydrogens is 488 g/mol. The first-order valence-corrected chi connectivity index (χ1v) is 11.0. The van der Waals surface area contributed by atoms with Crippen LogP contribution in [0.25, 0.3) is 0 Å². The fourth-order valence-corrected chi connectivity index (χ4v) is 4.26. The van der Waals surface area contributed by atoms with E-state index in [1.165, 1.54) is 64.8 Å². The van der Waals surface area contributed by atoms with Crippen LogP contribution in [0.5, 0.6) is 51.7 Å². The highest BCUT2D eigenvalue weighted by molar-refractivity contribution is 5.91. The van der Waals surface area contributed by atoms with Crippen LogP contribution in [0.4, 0.5) is 0 Å². The molecule has 0 aliphatic carbocycles. The van der Waals surface area contributed by atoms with Gasteiger partial charge in [0.15, 0.2) is 29.1 Å². The smallest absolute Gasteiger partial charge is 0.338 e. The van der Waals surface area contributed by atoms with Gasteiger partial charge in [-0.25, -0.2) is 4.79 Å². The molecule has 1 aliphatic heterocycles. The standard InChI is InChI=1S/C26H26O11/c1-32-19-9-14(27)10-20-15(19)11-22(23(36-20)12-5-16(28)24(34-3)17(29)6-12)37-26(31)13-7-18(30)25(35-4)21(8-13)33-2/h5-10,22-23,27-30H,11H2,1-4H3. The first-order chi connectivity index (χ1) is 17.7. The lowest BCUT2D eigenvalue weighted by Crippen LogP contribution is -2.35. The number of fused-ring (bicyclic) bond motifs is 1. The van der Waals surface area contributed by atoms with E-state index in [4.69, 9.17) is 28.4 Å². The van der Waals surface area contributed by atoms with Crippen LogP contribution in [-0.2, 0) is 11.2 Å². The van der Waals surface area contributed by atoms with Crippen molar-refractivity contribution in [3.63, 3.8) is 0 Å². The van der Waals surface area contributed by atoms with E-state index in [1.807, 2.05) is 0 Å². The normalized spacial score (nSPS) is 16.2. The van der Waals surface area contributed by atoms with Crippen molar-refractivity contribution in [1.29, 1.82) is 0 Å². The fourth-order valence-electron chi connectivity index (χ4n) is 4.26. The molecule has 0 saturated carbocycles. The molecule has 3 aromatic rings. The number of phenolic OH excluding ortho intramolecular Hbond substituents is 4. The summed E-state index contributed by atoms with van der Waals surface area (Å²) in [7, 11) is 5.43. The molecule has 0 saturated heterocycles. The van der Waals surface area contributed by atoms with E-state index in [-0.39, 0.29) is 63.5 Å². The molecule has 2 unspecified atom stereocenters. The molecule has 0 amide bonds. The summed E-state index contributed by atoms with van der Waals surface area (Å²) in [5, 5.41) is 41.1. The molecule has 4 N–H and O–H groups in total. The molecule has 0 fully saturated rings. The third-order valence-electron chi connectivity index (χ3n) is 5.93. The number of hydrogen-bond donors (Lipinski definition) is 4. The number of ether oxygens (including phenoxy) is 6. The van der Waals surface area contributed by atoms with Gasteiger partial charge in [-0.05, 0) is 24.3 Å². The maximum absolute atomic E-state index is 13.2. The predicted molar refractivity (Wildman–Crippen MR) is 128 cm³/mol. The van der Waals surface area contributed by atoms with E-state index in [0.717, 1.165) is 0 Å². The third kappa shape index (κ3) is 4.75. The lowest BCUT2D eigenvalue weighted by molar-refractivity contribution is -0.0189. The lowest BCUT2D eigenvalue weighted by atomic mass is 9.93. The van der Waals surface area contributed by atoms with Crippen molar-refractivity contribution in [3.8, 4) is 51.7 Å². The lowest BCUT2D eigenvalue weighted by Gasteiger charge is -2.34. The average molecular weight is 514 g/mol. The van der Waals surface area contributed by atoms with Crippen molar-refractivity contribution in [2.24, 2.45) is 0 Å². The molecule has 0 radical (unpaired) electrons. The molecule has 2 atom stereocenters. The summed E-state index contributed by atoms with van der Waals surface area (Å²) in [5.74, 6) is -1.30. The second-order valence-corrected chi connectivity index (χ2v) is 8.13. The van der Waals surface area contributed by atoms with Crippen LogP contribution in [0, 0.1) is 0 Å². The van der Waals surface area contributed by atoms with Gasteiger partial charge in [0.05, 0.1) is 34.0 Å². The van der Waals surface area contributed by atoms with Gasteiger partial charge in [-0.1, -0.05) is 0 Å². The first-order valence-electron chi connectivity index (χ1n) is 11.0. The predicted octanol–water partition coefficient (Wildman–Crippen LogP) is 3.45. The largest absolute Gasteiger partial charge is 0.508 e. The summed E-state index contributed by atoms with van der Waals surface area (Å²) < 4.78 is 32.6. The number of rotatable bonds is 7. The summed E-state index contributed by atoms with van der Waals surface area (Å²) in [6.07, 6.45) is -1.90. The minimum Gasteiger partial charge on any atom is -0.508 e. The van der Waals surface area contributed by atoms with Crippen molar-refractivity contribution in [3.05, 3.63) is 53.1 Å². The van der Waals surface area contributed by atoms with E-state index in [1.54, 1.807) is 0 Å². The number of esters is 1. The summed E-state index contributed by atoms with van der Waals surface area (Å²) >= 11 is 0. The Morgan fingerprint density at radius 3 is 2.00 bits per heavy atom. The maximum atomic E-state index is 13.2. The zero-order valence-corrected chi connectivity index (χ0v) is 20.5. The fraction of sp³-hybridized carbons (Fsp3) is 0.269. The molecule has 11 nitrogen and oxygen atoms in total. The van der Waals surface area contributed by atoms with Crippen LogP contribution in [0.2, 0.25) is 0 Å². The van der Waals surface area contributed by atoms with Crippen molar-refractivity contribution in [1.82, 2.24) is 0 Å². The van der Waals surface area contributed by atoms with Crippen LogP contribution >= 0.6 is 0 Å². The summed E-state index contributed by atoms with van der Waals surface area (Å²) in [6, 6.07) is 7.96. The molecule has 0 aromatic heterocycles. The van der Waals surface area contributed by atoms with Crippen molar-refractivity contribution >= 4 is 5.97 Å². The SMILES string of the molecule is COc1cc(O)cc2c1CC(OC(=O)c1cc(O)c(OC)c(OC)c1)C(c1cc(O)c(OC)c(O)c1)O2. The minimum atomic E-state index is -1.01. The van der Waals surface area contributed by atoms with Gasteiger partial charge >= 0.3 is 5.97 Å². The number of carbonyl (C=O) groups excluding carboxylic acids is 1. The Balaban J connectivity index is 1.76. The topological polar surface area (TPSA) is 153 Å². The molecule has 0 bridgehead atoms. The molecule has 1 heterocycles. The van der Waals surface area contributed by atoms with Crippen LogP contribution in [0.3, 0.4) is 0 Å². The number of benzene rings is 3. The second kappa shape index (κ2) is 10.1. The van der Waals surface area contributed by atoms with E-state index in [0.29, 0.717) is 11.3 Å². The van der Waals surface area contributed by atoms with E-state index in [9.17, 15) is 25.2 Å². The number of aromatic hydroxyl groups is 4. The van der Waals surface area contributed by atoms with Crippen LogP contribution in [-0.4, -0.2) is 60.9 Å². The molecule has 4 rings (SSSR count). The Hall–Kier alpha value is -4.67. The Labute approximate surface area is 211 Å². The van der Waals surface area contributed by atoms with E-state index < -0.39 is 18.2 Å². The zero-order chi connectivity index (χ0) is 26.9. The monoisotopic (exact) mass is 514 g/mol. The minimum absolute atomic E-state index is 0.0159. The molecule has 0 spiro atoms. The first kappa shape index (κ1) is 25.4. The van der Waals surface area contributed by atoms with Gasteiger partial charge in [0.2, 0.25) is 11.5 Å². The summed E-state index contributed by atoms with van der Waals surface area (Å²) in [4.78, 5) is 13.2. The molecule has 11 heteroatoms. The van der Waals surface area contributed by atoms with Crippen molar-refractivity contribution in [2.45, 2.75) is 18.6 Å². The molecule has 1 aliphatic rings. The van der Waals surface area contributed by atoms with Crippen LogP contribution < -0.4 is 23.7 Å². The van der Waals surface area contributed by atoms with Gasteiger partial charge in [-0.3, -0.25) is 0 Å². The summed E-state index contributed by atoms with van der Waals surface area (Å²) in [5.41, 5.74) is 0.793. The van der Waals surface area contributed by atoms with Crippen LogP contribution in [0.1, 0.15) is 27.6 Å². The highest BCUT2D eigenvalue weighted by atomic mass is 16.6. The number of phenols is 4. The molecule has 37 heavy (non-hydrogen) atoms.